The van der Waals surface area contributed by atoms with Crippen molar-refractivity contribution in [2.24, 2.45) is 0 Å². The fourth-order valence-corrected chi connectivity index (χ4v) is 2.22. The largest absolute Gasteiger partial charge is 0.386 e. The minimum absolute atomic E-state index is 0.0567. The molecule has 20 heavy (non-hydrogen) atoms. The van der Waals surface area contributed by atoms with Crippen molar-refractivity contribution in [1.82, 2.24) is 15.2 Å². The van der Waals surface area contributed by atoms with Crippen molar-refractivity contribution in [1.29, 1.82) is 0 Å². The normalized spacial score (nSPS) is 15.8. The SMILES string of the molecule is CNc1cnccc1C(=O)NCCCN1CCOCC1. The number of ether oxygens (including phenoxy) is 1. The minimum Gasteiger partial charge on any atom is -0.386 e. The monoisotopic (exact) mass is 278 g/mol. The minimum atomic E-state index is -0.0567. The van der Waals surface area contributed by atoms with E-state index in [-0.39, 0.29) is 5.91 Å². The Morgan fingerprint density at radius 3 is 3.00 bits per heavy atom. The summed E-state index contributed by atoms with van der Waals surface area (Å²) in [6.07, 6.45) is 4.23. The molecule has 6 heteroatoms. The average Bonchev–Trinajstić information content (AvgIpc) is 2.52. The molecule has 1 aliphatic rings. The molecular formula is C14H22N4O2. The van der Waals surface area contributed by atoms with Gasteiger partial charge in [0, 0.05) is 32.9 Å². The number of hydrogen-bond donors (Lipinski definition) is 2. The smallest absolute Gasteiger partial charge is 0.253 e. The van der Waals surface area contributed by atoms with Gasteiger partial charge in [-0.15, -0.1) is 0 Å². The molecule has 6 nitrogen and oxygen atoms in total. The van der Waals surface area contributed by atoms with E-state index in [4.69, 9.17) is 4.74 Å². The van der Waals surface area contributed by atoms with Gasteiger partial charge in [-0.25, -0.2) is 0 Å². The average molecular weight is 278 g/mol. The molecule has 1 aromatic heterocycles. The molecule has 0 saturated carbocycles. The molecule has 1 saturated heterocycles. The molecule has 2 rings (SSSR count). The van der Waals surface area contributed by atoms with Crippen molar-refractivity contribution in [2.45, 2.75) is 6.42 Å². The number of nitrogens with one attached hydrogen (secondary N) is 2. The lowest BCUT2D eigenvalue weighted by Gasteiger charge is -2.26. The molecule has 1 amide bonds. The Hall–Kier alpha value is -1.66. The van der Waals surface area contributed by atoms with Crippen LogP contribution in [-0.4, -0.2) is 62.2 Å². The van der Waals surface area contributed by atoms with Crippen molar-refractivity contribution >= 4 is 11.6 Å². The van der Waals surface area contributed by atoms with Crippen LogP contribution in [0.4, 0.5) is 5.69 Å². The summed E-state index contributed by atoms with van der Waals surface area (Å²) >= 11 is 0. The zero-order valence-corrected chi connectivity index (χ0v) is 11.9. The highest BCUT2D eigenvalue weighted by Crippen LogP contribution is 2.11. The van der Waals surface area contributed by atoms with Crippen molar-refractivity contribution in [3.8, 4) is 0 Å². The third kappa shape index (κ3) is 4.18. The molecule has 110 valence electrons. The second-order valence-electron chi connectivity index (χ2n) is 4.73. The van der Waals surface area contributed by atoms with Crippen LogP contribution in [0, 0.1) is 0 Å². The Morgan fingerprint density at radius 1 is 1.45 bits per heavy atom. The second-order valence-corrected chi connectivity index (χ2v) is 4.73. The van der Waals surface area contributed by atoms with Crippen LogP contribution < -0.4 is 10.6 Å². The van der Waals surface area contributed by atoms with Crippen molar-refractivity contribution in [3.63, 3.8) is 0 Å². The Kier molecular flexibility index (Phi) is 5.76. The number of aromatic nitrogens is 1. The Bertz CT molecular complexity index is 433. The van der Waals surface area contributed by atoms with E-state index in [0.29, 0.717) is 12.1 Å². The number of rotatable bonds is 6. The predicted octanol–water partition coefficient (Wildman–Crippen LogP) is 0.575. The van der Waals surface area contributed by atoms with Crippen LogP contribution >= 0.6 is 0 Å². The van der Waals surface area contributed by atoms with Gasteiger partial charge in [0.15, 0.2) is 0 Å². The van der Waals surface area contributed by atoms with Gasteiger partial charge in [0.05, 0.1) is 30.7 Å². The van der Waals surface area contributed by atoms with Crippen LogP contribution in [0.1, 0.15) is 16.8 Å². The summed E-state index contributed by atoms with van der Waals surface area (Å²) in [6.45, 7) is 5.29. The fourth-order valence-electron chi connectivity index (χ4n) is 2.22. The molecule has 0 atom stereocenters. The number of nitrogens with zero attached hydrogens (tertiary/aromatic N) is 2. The van der Waals surface area contributed by atoms with Crippen LogP contribution in [0.2, 0.25) is 0 Å². The fraction of sp³-hybridized carbons (Fsp3) is 0.571. The van der Waals surface area contributed by atoms with E-state index in [9.17, 15) is 4.79 Å². The van der Waals surface area contributed by atoms with Crippen molar-refractivity contribution in [3.05, 3.63) is 24.0 Å². The first-order valence-corrected chi connectivity index (χ1v) is 7.01. The maximum absolute atomic E-state index is 12.1. The zero-order valence-electron chi connectivity index (χ0n) is 11.9. The van der Waals surface area contributed by atoms with Crippen molar-refractivity contribution < 1.29 is 9.53 Å². The number of pyridine rings is 1. The van der Waals surface area contributed by atoms with Gasteiger partial charge in [-0.05, 0) is 19.0 Å². The van der Waals surface area contributed by atoms with Crippen LogP contribution in [0.5, 0.6) is 0 Å². The Morgan fingerprint density at radius 2 is 2.25 bits per heavy atom. The van der Waals surface area contributed by atoms with Gasteiger partial charge < -0.3 is 15.4 Å². The highest BCUT2D eigenvalue weighted by atomic mass is 16.5. The van der Waals surface area contributed by atoms with E-state index in [1.54, 1.807) is 25.5 Å². The predicted molar refractivity (Wildman–Crippen MR) is 78.0 cm³/mol. The molecule has 0 aromatic carbocycles. The van der Waals surface area contributed by atoms with Gasteiger partial charge in [-0.1, -0.05) is 0 Å². The Labute approximate surface area is 119 Å². The number of carbonyl (C=O) groups is 1. The first kappa shape index (κ1) is 14.7. The third-order valence-electron chi connectivity index (χ3n) is 3.38. The lowest BCUT2D eigenvalue weighted by atomic mass is 10.2. The summed E-state index contributed by atoms with van der Waals surface area (Å²) in [5.41, 5.74) is 1.38. The second kappa shape index (κ2) is 7.81. The quantitative estimate of drug-likeness (QED) is 0.745. The lowest BCUT2D eigenvalue weighted by Crippen LogP contribution is -2.38. The molecule has 2 N–H and O–H groups in total. The summed E-state index contributed by atoms with van der Waals surface area (Å²) in [7, 11) is 1.78. The van der Waals surface area contributed by atoms with E-state index < -0.39 is 0 Å². The number of hydrogen-bond acceptors (Lipinski definition) is 5. The maximum Gasteiger partial charge on any atom is 0.253 e. The maximum atomic E-state index is 12.1. The highest BCUT2D eigenvalue weighted by Gasteiger charge is 2.11. The van der Waals surface area contributed by atoms with E-state index in [0.717, 1.165) is 45.0 Å². The van der Waals surface area contributed by atoms with Crippen LogP contribution in [0.25, 0.3) is 0 Å². The van der Waals surface area contributed by atoms with Gasteiger partial charge in [0.25, 0.3) is 5.91 Å². The van der Waals surface area contributed by atoms with Gasteiger partial charge in [-0.3, -0.25) is 14.7 Å². The number of anilines is 1. The standard InChI is InChI=1S/C14H22N4O2/c1-15-13-11-16-5-3-12(13)14(19)17-4-2-6-18-7-9-20-10-8-18/h3,5,11,15H,2,4,6-10H2,1H3,(H,17,19). The summed E-state index contributed by atoms with van der Waals surface area (Å²) in [6, 6.07) is 1.73. The molecule has 1 aromatic rings. The molecule has 1 aliphatic heterocycles. The summed E-state index contributed by atoms with van der Waals surface area (Å²) < 4.78 is 5.30. The van der Waals surface area contributed by atoms with Crippen molar-refractivity contribution in [2.75, 3.05) is 51.8 Å². The molecular weight excluding hydrogens is 256 g/mol. The van der Waals surface area contributed by atoms with Gasteiger partial charge in [0.2, 0.25) is 0 Å². The first-order chi connectivity index (χ1) is 9.81. The van der Waals surface area contributed by atoms with Gasteiger partial charge in [0.1, 0.15) is 0 Å². The van der Waals surface area contributed by atoms with E-state index in [2.05, 4.69) is 20.5 Å². The van der Waals surface area contributed by atoms with Crippen LogP contribution in [-0.2, 0) is 4.74 Å². The molecule has 0 unspecified atom stereocenters. The van der Waals surface area contributed by atoms with Crippen LogP contribution in [0.15, 0.2) is 18.5 Å². The zero-order chi connectivity index (χ0) is 14.2. The topological polar surface area (TPSA) is 66.5 Å². The Balaban J connectivity index is 1.72. The molecule has 0 radical (unpaired) electrons. The van der Waals surface area contributed by atoms with Gasteiger partial charge >= 0.3 is 0 Å². The highest BCUT2D eigenvalue weighted by molar-refractivity contribution is 5.99. The third-order valence-corrected chi connectivity index (χ3v) is 3.38. The summed E-state index contributed by atoms with van der Waals surface area (Å²) in [5, 5.41) is 5.92. The first-order valence-electron chi connectivity index (χ1n) is 7.01. The van der Waals surface area contributed by atoms with E-state index >= 15 is 0 Å². The molecule has 0 aliphatic carbocycles. The summed E-state index contributed by atoms with van der Waals surface area (Å²) in [5.74, 6) is -0.0567. The van der Waals surface area contributed by atoms with Gasteiger partial charge in [-0.2, -0.15) is 0 Å². The molecule has 0 spiro atoms. The number of morpholine rings is 1. The lowest BCUT2D eigenvalue weighted by molar-refractivity contribution is 0.0374. The summed E-state index contributed by atoms with van der Waals surface area (Å²) in [4.78, 5) is 18.4. The number of carbonyl (C=O) groups excluding carboxylic acids is 1. The van der Waals surface area contributed by atoms with E-state index in [1.165, 1.54) is 0 Å². The number of amides is 1. The molecule has 0 bridgehead atoms. The van der Waals surface area contributed by atoms with E-state index in [1.807, 2.05) is 0 Å². The molecule has 1 fully saturated rings. The van der Waals surface area contributed by atoms with Crippen LogP contribution in [0.3, 0.4) is 0 Å². The molecule has 2 heterocycles.